The van der Waals surface area contributed by atoms with E-state index in [1.807, 2.05) is 27.1 Å². The molecule has 0 aliphatic heterocycles. The van der Waals surface area contributed by atoms with Crippen molar-refractivity contribution in [3.8, 4) is 11.8 Å². The minimum absolute atomic E-state index is 0.0763. The average Bonchev–Trinajstić information content (AvgIpc) is 2.82. The summed E-state index contributed by atoms with van der Waals surface area (Å²) in [4.78, 5) is 4.03. The van der Waals surface area contributed by atoms with Gasteiger partial charge in [0.05, 0.1) is 17.9 Å². The Bertz CT molecular complexity index is 667. The van der Waals surface area contributed by atoms with Crippen LogP contribution in [-0.4, -0.2) is 19.9 Å². The lowest BCUT2D eigenvalue weighted by atomic mass is 9.96. The van der Waals surface area contributed by atoms with Gasteiger partial charge in [0.2, 0.25) is 0 Å². The molecule has 1 unspecified atom stereocenters. The number of rotatable bonds is 2. The molecule has 2 heterocycles. The first-order valence-corrected chi connectivity index (χ1v) is 6.69. The predicted octanol–water partition coefficient (Wildman–Crippen LogP) is 2.56. The number of aliphatic hydroxyl groups excluding tert-OH is 1. The second-order valence-electron chi connectivity index (χ2n) is 4.94. The minimum atomic E-state index is -0.617. The molecule has 0 radical (unpaired) electrons. The number of pyridine rings is 1. The maximum atomic E-state index is 10.2. The summed E-state index contributed by atoms with van der Waals surface area (Å²) in [6.07, 6.45) is 4.49. The van der Waals surface area contributed by atoms with Crippen LogP contribution in [0.5, 0.6) is 0 Å². The molecular weight excluding hydrogens is 274 g/mol. The zero-order valence-electron chi connectivity index (χ0n) is 11.6. The molecule has 0 saturated carbocycles. The quantitative estimate of drug-likeness (QED) is 0.683. The Morgan fingerprint density at radius 2 is 2.05 bits per heavy atom. The predicted molar refractivity (Wildman–Crippen MR) is 78.2 cm³/mol. The normalized spacial score (nSPS) is 12.1. The lowest BCUT2D eigenvalue weighted by Crippen LogP contribution is -2.08. The van der Waals surface area contributed by atoms with E-state index in [1.54, 1.807) is 23.1 Å². The van der Waals surface area contributed by atoms with Gasteiger partial charge in [-0.2, -0.15) is 5.10 Å². The van der Waals surface area contributed by atoms with E-state index in [2.05, 4.69) is 21.9 Å². The highest BCUT2D eigenvalue weighted by atomic mass is 35.5. The third-order valence-electron chi connectivity index (χ3n) is 2.90. The van der Waals surface area contributed by atoms with Gasteiger partial charge in [-0.25, -0.2) is 4.98 Å². The molecule has 2 rings (SSSR count). The second kappa shape index (κ2) is 6.08. The molecular formula is C15H16ClN3O. The Morgan fingerprint density at radius 3 is 2.65 bits per heavy atom. The molecule has 20 heavy (non-hydrogen) atoms. The molecule has 4 nitrogen and oxygen atoms in total. The molecule has 0 aromatic carbocycles. The molecule has 0 saturated heterocycles. The number of halogens is 1. The van der Waals surface area contributed by atoms with Crippen molar-refractivity contribution in [2.75, 3.05) is 0 Å². The number of aliphatic hydroxyl groups is 1. The van der Waals surface area contributed by atoms with Crippen LogP contribution in [-0.2, 0) is 7.05 Å². The van der Waals surface area contributed by atoms with E-state index >= 15 is 0 Å². The topological polar surface area (TPSA) is 50.9 Å². The van der Waals surface area contributed by atoms with Crippen molar-refractivity contribution >= 4 is 11.6 Å². The van der Waals surface area contributed by atoms with E-state index in [4.69, 9.17) is 11.6 Å². The molecule has 0 amide bonds. The molecule has 0 fully saturated rings. The van der Waals surface area contributed by atoms with Crippen LogP contribution >= 0.6 is 11.6 Å². The van der Waals surface area contributed by atoms with Gasteiger partial charge in [-0.3, -0.25) is 4.68 Å². The molecule has 2 aromatic heterocycles. The Kier molecular flexibility index (Phi) is 4.43. The molecule has 0 bridgehead atoms. The van der Waals surface area contributed by atoms with Crippen LogP contribution in [0.4, 0.5) is 0 Å². The van der Waals surface area contributed by atoms with Crippen LogP contribution in [0.15, 0.2) is 24.7 Å². The number of aryl methyl sites for hydroxylation is 1. The van der Waals surface area contributed by atoms with E-state index in [0.717, 1.165) is 5.56 Å². The van der Waals surface area contributed by atoms with Crippen molar-refractivity contribution in [2.24, 2.45) is 13.0 Å². The Labute approximate surface area is 123 Å². The Hall–Kier alpha value is -1.83. The molecule has 1 atom stereocenters. The number of hydrogen-bond acceptors (Lipinski definition) is 3. The van der Waals surface area contributed by atoms with E-state index in [9.17, 15) is 5.11 Å². The average molecular weight is 290 g/mol. The van der Waals surface area contributed by atoms with Gasteiger partial charge in [0.25, 0.3) is 0 Å². The summed E-state index contributed by atoms with van der Waals surface area (Å²) in [5.74, 6) is 6.11. The van der Waals surface area contributed by atoms with Crippen molar-refractivity contribution in [3.63, 3.8) is 0 Å². The van der Waals surface area contributed by atoms with Gasteiger partial charge in [0.15, 0.2) is 0 Å². The molecule has 0 spiro atoms. The summed E-state index contributed by atoms with van der Waals surface area (Å²) in [7, 11) is 1.84. The van der Waals surface area contributed by atoms with Crippen LogP contribution in [0.2, 0.25) is 5.15 Å². The number of aromatic nitrogens is 3. The van der Waals surface area contributed by atoms with Crippen molar-refractivity contribution < 1.29 is 5.11 Å². The minimum Gasteiger partial charge on any atom is -0.388 e. The van der Waals surface area contributed by atoms with E-state index in [1.165, 1.54) is 0 Å². The first-order valence-electron chi connectivity index (χ1n) is 6.31. The zero-order valence-corrected chi connectivity index (χ0v) is 12.4. The van der Waals surface area contributed by atoms with E-state index < -0.39 is 6.10 Å². The fraction of sp³-hybridized carbons (Fsp3) is 0.333. The smallest absolute Gasteiger partial charge is 0.129 e. The largest absolute Gasteiger partial charge is 0.388 e. The van der Waals surface area contributed by atoms with Crippen LogP contribution in [0.25, 0.3) is 0 Å². The van der Waals surface area contributed by atoms with Gasteiger partial charge < -0.3 is 5.11 Å². The van der Waals surface area contributed by atoms with Gasteiger partial charge in [0, 0.05) is 30.6 Å². The number of hydrogen-bond donors (Lipinski definition) is 1. The Balaban J connectivity index is 2.39. The fourth-order valence-electron chi connectivity index (χ4n) is 1.78. The lowest BCUT2D eigenvalue weighted by molar-refractivity contribution is 0.126. The SMILES string of the molecule is CC(C)C(O)c1cc(Cl)ncc1C#Cc1cnn(C)c1. The van der Waals surface area contributed by atoms with Crippen LogP contribution in [0.3, 0.4) is 0 Å². The van der Waals surface area contributed by atoms with Gasteiger partial charge >= 0.3 is 0 Å². The summed E-state index contributed by atoms with van der Waals surface area (Å²) < 4.78 is 1.69. The maximum absolute atomic E-state index is 10.2. The summed E-state index contributed by atoms with van der Waals surface area (Å²) >= 11 is 5.90. The summed E-state index contributed by atoms with van der Waals surface area (Å²) in [5, 5.41) is 14.6. The highest BCUT2D eigenvalue weighted by molar-refractivity contribution is 6.29. The molecule has 1 N–H and O–H groups in total. The summed E-state index contributed by atoms with van der Waals surface area (Å²) in [5.41, 5.74) is 2.20. The maximum Gasteiger partial charge on any atom is 0.129 e. The molecule has 0 aliphatic carbocycles. The first kappa shape index (κ1) is 14.6. The third-order valence-corrected chi connectivity index (χ3v) is 3.11. The first-order chi connectivity index (χ1) is 9.47. The van der Waals surface area contributed by atoms with E-state index in [-0.39, 0.29) is 5.92 Å². The van der Waals surface area contributed by atoms with Gasteiger partial charge in [0.1, 0.15) is 5.15 Å². The zero-order chi connectivity index (χ0) is 14.7. The van der Waals surface area contributed by atoms with Crippen molar-refractivity contribution in [3.05, 3.63) is 46.5 Å². The van der Waals surface area contributed by atoms with Gasteiger partial charge in [-0.1, -0.05) is 37.3 Å². The second-order valence-corrected chi connectivity index (χ2v) is 5.32. The third kappa shape index (κ3) is 3.38. The molecule has 5 heteroatoms. The standard InChI is InChI=1S/C15H16ClN3O/c1-10(2)15(20)13-6-14(16)17-8-12(13)5-4-11-7-18-19(3)9-11/h6-10,15,20H,1-3H3. The summed E-state index contributed by atoms with van der Waals surface area (Å²) in [6, 6.07) is 1.67. The lowest BCUT2D eigenvalue weighted by Gasteiger charge is -2.16. The van der Waals surface area contributed by atoms with Crippen LogP contribution in [0.1, 0.15) is 36.6 Å². The highest BCUT2D eigenvalue weighted by Crippen LogP contribution is 2.25. The van der Waals surface area contributed by atoms with Gasteiger partial charge in [-0.15, -0.1) is 0 Å². The van der Waals surface area contributed by atoms with Crippen molar-refractivity contribution in [1.29, 1.82) is 0 Å². The van der Waals surface area contributed by atoms with Gasteiger partial charge in [-0.05, 0) is 12.0 Å². The highest BCUT2D eigenvalue weighted by Gasteiger charge is 2.16. The molecule has 2 aromatic rings. The monoisotopic (exact) mass is 289 g/mol. The van der Waals surface area contributed by atoms with Crippen molar-refractivity contribution in [1.82, 2.24) is 14.8 Å². The van der Waals surface area contributed by atoms with Crippen molar-refractivity contribution in [2.45, 2.75) is 20.0 Å². The summed E-state index contributed by atoms with van der Waals surface area (Å²) in [6.45, 7) is 3.88. The van der Waals surface area contributed by atoms with Crippen LogP contribution < -0.4 is 0 Å². The number of nitrogens with zero attached hydrogens (tertiary/aromatic N) is 3. The molecule has 0 aliphatic rings. The van der Waals surface area contributed by atoms with Crippen LogP contribution in [0, 0.1) is 17.8 Å². The molecule has 104 valence electrons. The Morgan fingerprint density at radius 1 is 1.30 bits per heavy atom. The fourth-order valence-corrected chi connectivity index (χ4v) is 1.94. The van der Waals surface area contributed by atoms with E-state index in [0.29, 0.717) is 16.3 Å².